The number of nitrogens with one attached hydrogen (secondary N) is 1. The van der Waals surface area contributed by atoms with Gasteiger partial charge in [0.25, 0.3) is 11.8 Å². The van der Waals surface area contributed by atoms with Crippen molar-refractivity contribution in [3.05, 3.63) is 46.6 Å². The minimum Gasteiger partial charge on any atom is -0.484 e. The van der Waals surface area contributed by atoms with Crippen LogP contribution in [0.25, 0.3) is 0 Å². The van der Waals surface area contributed by atoms with Gasteiger partial charge in [-0.15, -0.1) is 0 Å². The Hall–Kier alpha value is -2.61. The van der Waals surface area contributed by atoms with Crippen molar-refractivity contribution in [2.45, 2.75) is 57.0 Å². The van der Waals surface area contributed by atoms with E-state index in [-0.39, 0.29) is 51.9 Å². The average Bonchev–Trinajstić information content (AvgIpc) is 3.21. The third kappa shape index (κ3) is 4.08. The van der Waals surface area contributed by atoms with Gasteiger partial charge in [-0.05, 0) is 57.1 Å². The minimum absolute atomic E-state index is 0.00399. The molecule has 172 valence electrons. The van der Waals surface area contributed by atoms with Crippen LogP contribution < -0.4 is 10.1 Å². The van der Waals surface area contributed by atoms with E-state index in [4.69, 9.17) is 20.9 Å². The summed E-state index contributed by atoms with van der Waals surface area (Å²) in [6.07, 6.45) is 3.89. The molecule has 9 heteroatoms. The second-order valence-electron chi connectivity index (χ2n) is 9.10. The number of carbonyl (C=O) groups excluding carboxylic acids is 2. The van der Waals surface area contributed by atoms with Crippen molar-refractivity contribution in [3.8, 4) is 5.75 Å². The smallest absolute Gasteiger partial charge is 0.292 e. The highest BCUT2D eigenvalue weighted by Crippen LogP contribution is 2.52. The maximum absolute atomic E-state index is 13.6. The Labute approximate surface area is 191 Å². The Morgan fingerprint density at radius 3 is 2.62 bits per heavy atom. The minimum atomic E-state index is -0.591. The first kappa shape index (κ1) is 22.6. The Morgan fingerprint density at radius 1 is 1.31 bits per heavy atom. The predicted octanol–water partition coefficient (Wildman–Crippen LogP) is 4.13. The van der Waals surface area contributed by atoms with Crippen LogP contribution in [0.4, 0.5) is 4.39 Å². The lowest BCUT2D eigenvalue weighted by atomic mass is 9.56. The molecule has 3 fully saturated rings. The van der Waals surface area contributed by atoms with Crippen LogP contribution in [0.2, 0.25) is 5.02 Å². The molecule has 1 heterocycles. The number of nitrogens with zero attached hydrogens (tertiary/aromatic N) is 2. The van der Waals surface area contributed by atoms with E-state index in [1.54, 1.807) is 17.9 Å². The van der Waals surface area contributed by atoms with Crippen molar-refractivity contribution in [3.63, 3.8) is 0 Å². The Balaban J connectivity index is 1.38. The highest BCUT2D eigenvalue weighted by molar-refractivity contribution is 6.30. The van der Waals surface area contributed by atoms with Crippen molar-refractivity contribution in [2.75, 3.05) is 13.7 Å². The van der Waals surface area contributed by atoms with E-state index in [9.17, 15) is 14.0 Å². The second-order valence-corrected chi connectivity index (χ2v) is 9.50. The number of fused-ring (bicyclic) bond motifs is 3. The Kier molecular flexibility index (Phi) is 5.92. The first-order valence-electron chi connectivity index (χ1n) is 10.7. The third-order valence-electron chi connectivity index (χ3n) is 7.21. The number of amides is 2. The van der Waals surface area contributed by atoms with Gasteiger partial charge in [-0.25, -0.2) is 4.39 Å². The highest BCUT2D eigenvalue weighted by atomic mass is 35.5. The number of hydrogen-bond acceptors (Lipinski definition) is 5. The van der Waals surface area contributed by atoms with E-state index in [1.165, 1.54) is 12.1 Å². The highest BCUT2D eigenvalue weighted by Gasteiger charge is 2.56. The van der Waals surface area contributed by atoms with E-state index in [0.717, 1.165) is 38.2 Å². The molecule has 3 aliphatic carbocycles. The predicted molar refractivity (Wildman–Crippen MR) is 116 cm³/mol. The number of benzene rings is 1. The molecule has 3 aliphatic rings. The molecule has 1 N–H and O–H groups in total. The Bertz CT molecular complexity index is 1030. The third-order valence-corrected chi connectivity index (χ3v) is 7.51. The van der Waals surface area contributed by atoms with Crippen LogP contribution in [0.5, 0.6) is 5.75 Å². The zero-order valence-corrected chi connectivity index (χ0v) is 19.2. The standard InChI is InChI=1S/C23H27ClFN3O4/c1-14-12-22(28(3)21(30)19-10-15(2)27-32-19)6-8-23(14,9-7-22)26-20(29)13-31-16-4-5-17(24)18(25)11-16/h4-5,10-11,14H,6-9,12-13H2,1-3H3,(H,26,29)/t14-,22?,23?/m0/s1. The van der Waals surface area contributed by atoms with Crippen molar-refractivity contribution in [1.82, 2.24) is 15.4 Å². The van der Waals surface area contributed by atoms with E-state index in [2.05, 4.69) is 17.4 Å². The molecule has 5 rings (SSSR count). The lowest BCUT2D eigenvalue weighted by Crippen LogP contribution is -2.67. The fraction of sp³-hybridized carbons (Fsp3) is 0.522. The van der Waals surface area contributed by atoms with Gasteiger partial charge in [-0.2, -0.15) is 0 Å². The second kappa shape index (κ2) is 8.39. The van der Waals surface area contributed by atoms with Crippen molar-refractivity contribution >= 4 is 23.4 Å². The molecule has 0 saturated heterocycles. The molecule has 1 aromatic carbocycles. The van der Waals surface area contributed by atoms with Gasteiger partial charge in [0.2, 0.25) is 5.76 Å². The van der Waals surface area contributed by atoms with Crippen LogP contribution in [-0.2, 0) is 4.79 Å². The number of rotatable bonds is 6. The molecule has 32 heavy (non-hydrogen) atoms. The fourth-order valence-corrected chi connectivity index (χ4v) is 5.34. The summed E-state index contributed by atoms with van der Waals surface area (Å²) in [6, 6.07) is 5.74. The van der Waals surface area contributed by atoms with Crippen LogP contribution >= 0.6 is 11.6 Å². The largest absolute Gasteiger partial charge is 0.484 e. The summed E-state index contributed by atoms with van der Waals surface area (Å²) in [6.45, 7) is 3.69. The number of ether oxygens (including phenoxy) is 1. The molecule has 3 saturated carbocycles. The van der Waals surface area contributed by atoms with Gasteiger partial charge in [0.15, 0.2) is 6.61 Å². The van der Waals surface area contributed by atoms with Crippen LogP contribution in [-0.4, -0.2) is 46.6 Å². The summed E-state index contributed by atoms with van der Waals surface area (Å²) in [7, 11) is 1.82. The maximum Gasteiger partial charge on any atom is 0.292 e. The zero-order chi connectivity index (χ0) is 23.1. The summed E-state index contributed by atoms with van der Waals surface area (Å²) in [4.78, 5) is 27.4. The summed E-state index contributed by atoms with van der Waals surface area (Å²) in [5.74, 6) is -0.330. The van der Waals surface area contributed by atoms with Gasteiger partial charge >= 0.3 is 0 Å². The van der Waals surface area contributed by atoms with E-state index in [1.807, 2.05) is 7.05 Å². The fourth-order valence-electron chi connectivity index (χ4n) is 5.22. The van der Waals surface area contributed by atoms with Crippen LogP contribution in [0.1, 0.15) is 55.3 Å². The van der Waals surface area contributed by atoms with Crippen molar-refractivity contribution in [1.29, 1.82) is 0 Å². The van der Waals surface area contributed by atoms with Gasteiger partial charge in [-0.3, -0.25) is 9.59 Å². The molecule has 1 aromatic heterocycles. The van der Waals surface area contributed by atoms with Crippen molar-refractivity contribution in [2.24, 2.45) is 5.92 Å². The molecule has 0 radical (unpaired) electrons. The van der Waals surface area contributed by atoms with E-state index in [0.29, 0.717) is 5.69 Å². The van der Waals surface area contributed by atoms with Gasteiger partial charge in [0, 0.05) is 30.3 Å². The Morgan fingerprint density at radius 2 is 2.03 bits per heavy atom. The molecule has 1 atom stereocenters. The summed E-state index contributed by atoms with van der Waals surface area (Å²) < 4.78 is 24.2. The average molecular weight is 464 g/mol. The monoisotopic (exact) mass is 463 g/mol. The zero-order valence-electron chi connectivity index (χ0n) is 18.4. The molecule has 2 bridgehead atoms. The van der Waals surface area contributed by atoms with Crippen LogP contribution in [0.3, 0.4) is 0 Å². The lowest BCUT2D eigenvalue weighted by Gasteiger charge is -2.59. The van der Waals surface area contributed by atoms with E-state index >= 15 is 0 Å². The maximum atomic E-state index is 13.6. The van der Waals surface area contributed by atoms with Gasteiger partial charge in [-0.1, -0.05) is 23.7 Å². The number of aryl methyl sites for hydroxylation is 1. The molecular formula is C23H27ClFN3O4. The number of carbonyl (C=O) groups is 2. The first-order chi connectivity index (χ1) is 15.1. The normalized spacial score (nSPS) is 26.6. The summed E-state index contributed by atoms with van der Waals surface area (Å²) in [5.41, 5.74) is 0.0754. The number of halogens is 2. The molecule has 7 nitrogen and oxygen atoms in total. The summed E-state index contributed by atoms with van der Waals surface area (Å²) >= 11 is 5.68. The first-order valence-corrected chi connectivity index (χ1v) is 11.1. The lowest BCUT2D eigenvalue weighted by molar-refractivity contribution is -0.129. The molecule has 0 aliphatic heterocycles. The van der Waals surface area contributed by atoms with Crippen LogP contribution in [0.15, 0.2) is 28.8 Å². The van der Waals surface area contributed by atoms with Crippen LogP contribution in [0, 0.1) is 18.7 Å². The number of hydrogen-bond donors (Lipinski definition) is 1. The van der Waals surface area contributed by atoms with E-state index < -0.39 is 5.82 Å². The van der Waals surface area contributed by atoms with Crippen molar-refractivity contribution < 1.29 is 23.2 Å². The molecule has 2 aromatic rings. The molecule has 0 spiro atoms. The van der Waals surface area contributed by atoms with Gasteiger partial charge in [0.05, 0.1) is 10.7 Å². The summed E-state index contributed by atoms with van der Waals surface area (Å²) in [5, 5.41) is 7.00. The SMILES string of the molecule is Cc1cc(C(=O)N(C)C23CCC(NC(=O)COc4ccc(Cl)c(F)c4)(CC2)[C@@H](C)C3)on1. The topological polar surface area (TPSA) is 84.7 Å². The molecule has 0 unspecified atom stereocenters. The molecule has 2 amide bonds. The molecular weight excluding hydrogens is 437 g/mol. The number of aromatic nitrogens is 1. The quantitative estimate of drug-likeness (QED) is 0.696. The van der Waals surface area contributed by atoms with Gasteiger partial charge in [0.1, 0.15) is 11.6 Å². The van der Waals surface area contributed by atoms with Gasteiger partial charge < -0.3 is 19.5 Å².